The van der Waals surface area contributed by atoms with E-state index in [4.69, 9.17) is 17.3 Å². The zero-order valence-electron chi connectivity index (χ0n) is 7.60. The lowest BCUT2D eigenvalue weighted by Crippen LogP contribution is -1.92. The van der Waals surface area contributed by atoms with Crippen LogP contribution in [0.1, 0.15) is 17.5 Å². The lowest BCUT2D eigenvalue weighted by atomic mass is 10.1. The van der Waals surface area contributed by atoms with Crippen LogP contribution in [-0.4, -0.2) is 5.88 Å². The van der Waals surface area contributed by atoms with Crippen LogP contribution in [-0.2, 0) is 0 Å². The molecule has 0 atom stereocenters. The van der Waals surface area contributed by atoms with Crippen LogP contribution in [0, 0.1) is 18.8 Å². The molecule has 1 aromatic carbocycles. The van der Waals surface area contributed by atoms with Crippen LogP contribution in [0.25, 0.3) is 0 Å². The largest absolute Gasteiger partial charge is 0.398 e. The molecule has 1 aromatic rings. The molecular formula is C11H12ClN. The average Bonchev–Trinajstić information content (AvgIpc) is 2.10. The highest BCUT2D eigenvalue weighted by atomic mass is 35.5. The molecule has 1 nitrogen and oxygen atoms in total. The van der Waals surface area contributed by atoms with E-state index in [2.05, 4.69) is 11.8 Å². The Morgan fingerprint density at radius 1 is 1.46 bits per heavy atom. The molecular weight excluding hydrogens is 182 g/mol. The van der Waals surface area contributed by atoms with Gasteiger partial charge in [0.2, 0.25) is 0 Å². The van der Waals surface area contributed by atoms with Gasteiger partial charge in [0.25, 0.3) is 0 Å². The molecule has 68 valence electrons. The minimum absolute atomic E-state index is 0.568. The van der Waals surface area contributed by atoms with Gasteiger partial charge in [-0.3, -0.25) is 0 Å². The van der Waals surface area contributed by atoms with Gasteiger partial charge in [-0.1, -0.05) is 24.0 Å². The van der Waals surface area contributed by atoms with Crippen LogP contribution in [0.5, 0.6) is 0 Å². The number of halogens is 1. The Hall–Kier alpha value is -1.13. The first-order valence-electron chi connectivity index (χ1n) is 4.15. The molecule has 0 aliphatic heterocycles. The average molecular weight is 194 g/mol. The fourth-order valence-electron chi connectivity index (χ4n) is 1.06. The Morgan fingerprint density at radius 2 is 2.23 bits per heavy atom. The van der Waals surface area contributed by atoms with Gasteiger partial charge in [0.05, 0.1) is 5.56 Å². The second kappa shape index (κ2) is 4.79. The molecule has 0 amide bonds. The van der Waals surface area contributed by atoms with E-state index in [1.54, 1.807) is 0 Å². The van der Waals surface area contributed by atoms with Crippen molar-refractivity contribution < 1.29 is 0 Å². The third kappa shape index (κ3) is 2.68. The monoisotopic (exact) mass is 193 g/mol. The molecule has 2 N–H and O–H groups in total. The van der Waals surface area contributed by atoms with Crippen LogP contribution in [0.15, 0.2) is 18.2 Å². The number of benzene rings is 1. The Kier molecular flexibility index (Phi) is 3.67. The number of nitrogen functional groups attached to an aromatic ring is 1. The predicted octanol–water partition coefficient (Wildman–Crippen LogP) is 2.56. The molecule has 0 saturated carbocycles. The quantitative estimate of drug-likeness (QED) is 0.414. The fraction of sp³-hybridized carbons (Fsp3) is 0.273. The Balaban J connectivity index is 2.95. The van der Waals surface area contributed by atoms with Crippen LogP contribution < -0.4 is 5.73 Å². The summed E-state index contributed by atoms with van der Waals surface area (Å²) in [5, 5.41) is 0. The van der Waals surface area contributed by atoms with Crippen LogP contribution in [0.2, 0.25) is 0 Å². The maximum absolute atomic E-state index is 5.77. The van der Waals surface area contributed by atoms with E-state index in [0.717, 1.165) is 16.8 Å². The summed E-state index contributed by atoms with van der Waals surface area (Å²) in [7, 11) is 0. The van der Waals surface area contributed by atoms with E-state index in [9.17, 15) is 0 Å². The first-order valence-corrected chi connectivity index (χ1v) is 4.69. The summed E-state index contributed by atoms with van der Waals surface area (Å²) in [5.41, 5.74) is 8.54. The van der Waals surface area contributed by atoms with Gasteiger partial charge in [0.15, 0.2) is 0 Å². The Labute approximate surface area is 83.9 Å². The SMILES string of the molecule is Cc1cccc(N)c1C#CCCCl. The molecule has 0 saturated heterocycles. The second-order valence-corrected chi connectivity index (χ2v) is 3.16. The van der Waals surface area contributed by atoms with Crippen molar-refractivity contribution in [2.45, 2.75) is 13.3 Å². The highest BCUT2D eigenvalue weighted by Gasteiger charge is 1.97. The van der Waals surface area contributed by atoms with Crippen LogP contribution in [0.3, 0.4) is 0 Å². The normalized spacial score (nSPS) is 9.08. The van der Waals surface area contributed by atoms with Crippen molar-refractivity contribution in [2.75, 3.05) is 11.6 Å². The summed E-state index contributed by atoms with van der Waals surface area (Å²) >= 11 is 5.51. The van der Waals surface area contributed by atoms with Crippen molar-refractivity contribution in [3.05, 3.63) is 29.3 Å². The van der Waals surface area contributed by atoms with Crippen molar-refractivity contribution in [1.29, 1.82) is 0 Å². The molecule has 0 bridgehead atoms. The van der Waals surface area contributed by atoms with Gasteiger partial charge in [-0.05, 0) is 18.6 Å². The molecule has 1 rings (SSSR count). The molecule has 0 radical (unpaired) electrons. The highest BCUT2D eigenvalue weighted by molar-refractivity contribution is 6.18. The third-order valence-electron chi connectivity index (χ3n) is 1.74. The number of aryl methyl sites for hydroxylation is 1. The van der Waals surface area contributed by atoms with E-state index in [0.29, 0.717) is 12.3 Å². The van der Waals surface area contributed by atoms with Gasteiger partial charge in [0.1, 0.15) is 0 Å². The Bertz CT molecular complexity index is 327. The van der Waals surface area contributed by atoms with E-state index >= 15 is 0 Å². The number of anilines is 1. The van der Waals surface area contributed by atoms with E-state index in [1.807, 2.05) is 25.1 Å². The minimum Gasteiger partial charge on any atom is -0.398 e. The maximum atomic E-state index is 5.77. The summed E-state index contributed by atoms with van der Waals surface area (Å²) in [5.74, 6) is 6.56. The number of alkyl halides is 1. The van der Waals surface area contributed by atoms with Crippen molar-refractivity contribution in [1.82, 2.24) is 0 Å². The summed E-state index contributed by atoms with van der Waals surface area (Å²) < 4.78 is 0. The van der Waals surface area contributed by atoms with Gasteiger partial charge in [0, 0.05) is 18.0 Å². The molecule has 0 aliphatic rings. The molecule has 13 heavy (non-hydrogen) atoms. The summed E-state index contributed by atoms with van der Waals surface area (Å²) in [6, 6.07) is 5.79. The van der Waals surface area contributed by atoms with E-state index in [-0.39, 0.29) is 0 Å². The number of hydrogen-bond acceptors (Lipinski definition) is 1. The molecule has 0 unspecified atom stereocenters. The van der Waals surface area contributed by atoms with Crippen LogP contribution >= 0.6 is 11.6 Å². The second-order valence-electron chi connectivity index (χ2n) is 2.78. The van der Waals surface area contributed by atoms with Gasteiger partial charge in [-0.15, -0.1) is 11.6 Å². The van der Waals surface area contributed by atoms with Gasteiger partial charge in [-0.2, -0.15) is 0 Å². The van der Waals surface area contributed by atoms with Crippen molar-refractivity contribution in [3.8, 4) is 11.8 Å². The first kappa shape index (κ1) is 9.95. The first-order chi connectivity index (χ1) is 6.25. The number of hydrogen-bond donors (Lipinski definition) is 1. The highest BCUT2D eigenvalue weighted by Crippen LogP contribution is 2.14. The molecule has 0 spiro atoms. The standard InChI is InChI=1S/C11H12ClN/c1-9-5-4-7-11(13)10(9)6-2-3-8-12/h4-5,7H,3,8,13H2,1H3. The molecule has 0 heterocycles. The maximum Gasteiger partial charge on any atom is 0.0504 e. The Morgan fingerprint density at radius 3 is 2.85 bits per heavy atom. The molecule has 0 aliphatic carbocycles. The van der Waals surface area contributed by atoms with Crippen LogP contribution in [0.4, 0.5) is 5.69 Å². The smallest absolute Gasteiger partial charge is 0.0504 e. The van der Waals surface area contributed by atoms with Gasteiger partial charge < -0.3 is 5.73 Å². The lowest BCUT2D eigenvalue weighted by Gasteiger charge is -2.00. The summed E-state index contributed by atoms with van der Waals surface area (Å²) in [6.07, 6.45) is 0.704. The van der Waals surface area contributed by atoms with Gasteiger partial charge in [-0.25, -0.2) is 0 Å². The van der Waals surface area contributed by atoms with Gasteiger partial charge >= 0.3 is 0 Å². The fourth-order valence-corrected chi connectivity index (χ4v) is 1.15. The minimum atomic E-state index is 0.568. The lowest BCUT2D eigenvalue weighted by molar-refractivity contribution is 1.29. The topological polar surface area (TPSA) is 26.0 Å². The molecule has 0 aromatic heterocycles. The third-order valence-corrected chi connectivity index (χ3v) is 1.93. The summed E-state index contributed by atoms with van der Waals surface area (Å²) in [4.78, 5) is 0. The number of nitrogens with two attached hydrogens (primary N) is 1. The molecule has 0 fully saturated rings. The number of rotatable bonds is 1. The van der Waals surface area contributed by atoms with Crippen molar-refractivity contribution in [3.63, 3.8) is 0 Å². The zero-order valence-corrected chi connectivity index (χ0v) is 8.36. The predicted molar refractivity (Wildman–Crippen MR) is 57.8 cm³/mol. The summed E-state index contributed by atoms with van der Waals surface area (Å²) in [6.45, 7) is 2.00. The van der Waals surface area contributed by atoms with Crippen molar-refractivity contribution in [2.24, 2.45) is 0 Å². The zero-order chi connectivity index (χ0) is 9.68. The molecule has 2 heteroatoms. The van der Waals surface area contributed by atoms with E-state index in [1.165, 1.54) is 0 Å². The van der Waals surface area contributed by atoms with Crippen molar-refractivity contribution >= 4 is 17.3 Å². The van der Waals surface area contributed by atoms with E-state index < -0.39 is 0 Å².